The van der Waals surface area contributed by atoms with Gasteiger partial charge in [0.15, 0.2) is 0 Å². The van der Waals surface area contributed by atoms with E-state index < -0.39 is 23.1 Å². The predicted octanol–water partition coefficient (Wildman–Crippen LogP) is 3.22. The van der Waals surface area contributed by atoms with Crippen molar-refractivity contribution >= 4 is 5.91 Å². The third kappa shape index (κ3) is 2.61. The smallest absolute Gasteiger partial charge is 0.252 e. The number of carbonyl (C=O) groups excluding carboxylic acids is 1. The average Bonchev–Trinajstić information content (AvgIpc) is 2.75. The summed E-state index contributed by atoms with van der Waals surface area (Å²) in [6.07, 6.45) is 0.389. The van der Waals surface area contributed by atoms with Crippen LogP contribution < -0.4 is 0 Å². The number of nitrogens with zero attached hydrogens (tertiary/aromatic N) is 1. The first kappa shape index (κ1) is 13.9. The molecule has 3 nitrogen and oxygen atoms in total. The second-order valence-electron chi connectivity index (χ2n) is 5.65. The first-order chi connectivity index (χ1) is 8.82. The van der Waals surface area contributed by atoms with Crippen LogP contribution in [0.5, 0.6) is 0 Å². The van der Waals surface area contributed by atoms with Crippen molar-refractivity contribution < 1.29 is 18.4 Å². The molecule has 0 saturated carbocycles. The van der Waals surface area contributed by atoms with Gasteiger partial charge >= 0.3 is 0 Å². The van der Waals surface area contributed by atoms with E-state index in [1.165, 1.54) is 18.2 Å². The maximum Gasteiger partial charge on any atom is 0.252 e. The first-order valence-electron chi connectivity index (χ1n) is 6.23. The Labute approximate surface area is 111 Å². The van der Waals surface area contributed by atoms with Crippen LogP contribution in [-0.4, -0.2) is 17.6 Å². The first-order valence-corrected chi connectivity index (χ1v) is 6.23. The van der Waals surface area contributed by atoms with Gasteiger partial charge in [-0.25, -0.2) is 13.8 Å². The fourth-order valence-corrected chi connectivity index (χ4v) is 2.09. The van der Waals surface area contributed by atoms with Crippen molar-refractivity contribution in [3.8, 4) is 0 Å². The normalized spacial score (nSPS) is 19.8. The Kier molecular flexibility index (Phi) is 3.58. The second kappa shape index (κ2) is 4.89. The van der Waals surface area contributed by atoms with E-state index >= 15 is 0 Å². The van der Waals surface area contributed by atoms with Crippen molar-refractivity contribution in [3.63, 3.8) is 0 Å². The minimum absolute atomic E-state index is 0.0994. The van der Waals surface area contributed by atoms with E-state index in [0.717, 1.165) is 5.06 Å². The molecule has 1 heterocycles. The number of hydroxylamine groups is 2. The molecule has 0 radical (unpaired) electrons. The van der Waals surface area contributed by atoms with E-state index in [9.17, 15) is 13.6 Å². The van der Waals surface area contributed by atoms with Crippen molar-refractivity contribution in [2.24, 2.45) is 5.41 Å². The van der Waals surface area contributed by atoms with Crippen LogP contribution in [-0.2, 0) is 9.63 Å². The van der Waals surface area contributed by atoms with Gasteiger partial charge in [-0.3, -0.25) is 9.63 Å². The monoisotopic (exact) mass is 269 g/mol. The maximum absolute atomic E-state index is 13.8. The van der Waals surface area contributed by atoms with Gasteiger partial charge < -0.3 is 0 Å². The highest BCUT2D eigenvalue weighted by atomic mass is 19.1. The van der Waals surface area contributed by atoms with Gasteiger partial charge in [0.25, 0.3) is 5.91 Å². The van der Waals surface area contributed by atoms with Gasteiger partial charge in [-0.15, -0.1) is 0 Å². The van der Waals surface area contributed by atoms with Crippen LogP contribution in [0.3, 0.4) is 0 Å². The lowest BCUT2D eigenvalue weighted by molar-refractivity contribution is -0.186. The number of hydrogen-bond donors (Lipinski definition) is 0. The van der Waals surface area contributed by atoms with E-state index in [1.807, 2.05) is 0 Å². The molecule has 0 aromatic heterocycles. The molecule has 1 amide bonds. The Hall–Kier alpha value is -1.49. The third-order valence-electron chi connectivity index (χ3n) is 3.08. The van der Waals surface area contributed by atoms with Crippen LogP contribution in [0.25, 0.3) is 0 Å². The van der Waals surface area contributed by atoms with Gasteiger partial charge in [0, 0.05) is 17.4 Å². The molecule has 1 aliphatic rings. The Morgan fingerprint density at radius 3 is 2.42 bits per heavy atom. The van der Waals surface area contributed by atoms with Crippen LogP contribution >= 0.6 is 0 Å². The second-order valence-corrected chi connectivity index (χ2v) is 5.65. The minimum atomic E-state index is -0.701. The Morgan fingerprint density at radius 2 is 1.89 bits per heavy atom. The molecule has 104 valence electrons. The van der Waals surface area contributed by atoms with Gasteiger partial charge in [0.2, 0.25) is 0 Å². The summed E-state index contributed by atoms with van der Waals surface area (Å²) in [5.41, 5.74) is -0.762. The third-order valence-corrected chi connectivity index (χ3v) is 3.08. The molecule has 5 heteroatoms. The highest BCUT2D eigenvalue weighted by Gasteiger charge is 2.39. The lowest BCUT2D eigenvalue weighted by Gasteiger charge is -2.29. The van der Waals surface area contributed by atoms with E-state index in [1.54, 1.807) is 20.8 Å². The zero-order valence-corrected chi connectivity index (χ0v) is 11.2. The van der Waals surface area contributed by atoms with Gasteiger partial charge in [0.1, 0.15) is 11.6 Å². The lowest BCUT2D eigenvalue weighted by atomic mass is 9.93. The van der Waals surface area contributed by atoms with Crippen molar-refractivity contribution in [1.82, 2.24) is 5.06 Å². The summed E-state index contributed by atoms with van der Waals surface area (Å²) < 4.78 is 27.6. The van der Waals surface area contributed by atoms with Crippen LogP contribution in [0, 0.1) is 17.0 Å². The van der Waals surface area contributed by atoms with E-state index in [-0.39, 0.29) is 18.1 Å². The summed E-state index contributed by atoms with van der Waals surface area (Å²) in [6.45, 7) is 5.50. The quantitative estimate of drug-likeness (QED) is 0.783. The maximum atomic E-state index is 13.8. The summed E-state index contributed by atoms with van der Waals surface area (Å²) in [5.74, 6) is -1.58. The molecule has 2 rings (SSSR count). The molecule has 1 aliphatic heterocycles. The molecule has 0 unspecified atom stereocenters. The molecule has 19 heavy (non-hydrogen) atoms. The minimum Gasteiger partial charge on any atom is -0.272 e. The summed E-state index contributed by atoms with van der Waals surface area (Å²) in [7, 11) is 0. The number of amides is 1. The fraction of sp³-hybridized carbons (Fsp3) is 0.500. The van der Waals surface area contributed by atoms with E-state index in [0.29, 0.717) is 6.42 Å². The number of benzene rings is 1. The van der Waals surface area contributed by atoms with Crippen molar-refractivity contribution in [3.05, 3.63) is 35.4 Å². The van der Waals surface area contributed by atoms with E-state index in [2.05, 4.69) is 0 Å². The van der Waals surface area contributed by atoms with Crippen molar-refractivity contribution in [2.75, 3.05) is 6.61 Å². The highest BCUT2D eigenvalue weighted by molar-refractivity contribution is 5.81. The Balaban J connectivity index is 2.37. The van der Waals surface area contributed by atoms with Gasteiger partial charge in [0.05, 0.1) is 12.6 Å². The summed E-state index contributed by atoms with van der Waals surface area (Å²) in [6, 6.07) is 2.99. The Bertz CT molecular complexity index is 476. The van der Waals surface area contributed by atoms with Gasteiger partial charge in [-0.2, -0.15) is 0 Å². The van der Waals surface area contributed by atoms with Crippen molar-refractivity contribution in [2.45, 2.75) is 33.2 Å². The fourth-order valence-electron chi connectivity index (χ4n) is 2.09. The largest absolute Gasteiger partial charge is 0.272 e. The molecular formula is C14H17F2NO2. The number of halogens is 2. The molecule has 1 aromatic carbocycles. The molecule has 0 N–H and O–H groups in total. The summed E-state index contributed by atoms with van der Waals surface area (Å²) in [4.78, 5) is 17.5. The zero-order chi connectivity index (χ0) is 14.2. The number of rotatable bonds is 1. The Morgan fingerprint density at radius 1 is 1.32 bits per heavy atom. The average molecular weight is 269 g/mol. The van der Waals surface area contributed by atoms with Gasteiger partial charge in [-0.05, 0) is 12.1 Å². The van der Waals surface area contributed by atoms with Crippen molar-refractivity contribution in [1.29, 1.82) is 0 Å². The standard InChI is InChI=1S/C14H17F2NO2/c1-14(2,3)13(18)17-11(7-8-19-17)12-9(15)5-4-6-10(12)16/h4-6,11H,7-8H2,1-3H3/t11-/m1/s1. The molecule has 0 bridgehead atoms. The van der Waals surface area contributed by atoms with Crippen LogP contribution in [0.4, 0.5) is 8.78 Å². The predicted molar refractivity (Wildman–Crippen MR) is 66.0 cm³/mol. The van der Waals surface area contributed by atoms with Crippen LogP contribution in [0.2, 0.25) is 0 Å². The summed E-state index contributed by atoms with van der Waals surface area (Å²) >= 11 is 0. The highest BCUT2D eigenvalue weighted by Crippen LogP contribution is 2.36. The van der Waals surface area contributed by atoms with Crippen LogP contribution in [0.1, 0.15) is 38.8 Å². The topological polar surface area (TPSA) is 29.5 Å². The summed E-state index contributed by atoms with van der Waals surface area (Å²) in [5, 5.41) is 1.11. The van der Waals surface area contributed by atoms with Gasteiger partial charge in [-0.1, -0.05) is 26.8 Å². The molecule has 1 atom stereocenters. The SMILES string of the molecule is CC(C)(C)C(=O)N1OCC[C@@H]1c1c(F)cccc1F. The van der Waals surface area contributed by atoms with Crippen LogP contribution in [0.15, 0.2) is 18.2 Å². The molecule has 1 aromatic rings. The molecular weight excluding hydrogens is 252 g/mol. The zero-order valence-electron chi connectivity index (χ0n) is 11.2. The van der Waals surface area contributed by atoms with E-state index in [4.69, 9.17) is 4.84 Å². The lowest BCUT2D eigenvalue weighted by Crippen LogP contribution is -2.38. The number of carbonyl (C=O) groups is 1. The molecule has 1 fully saturated rings. The molecule has 1 saturated heterocycles. The molecule has 0 spiro atoms. The molecule has 0 aliphatic carbocycles. The number of hydrogen-bond acceptors (Lipinski definition) is 2.